The van der Waals surface area contributed by atoms with Crippen molar-refractivity contribution in [3.63, 3.8) is 0 Å². The smallest absolute Gasteiger partial charge is 0.277 e. The molecule has 1 atom stereocenters. The number of nitrogens with zero attached hydrogens (tertiary/aromatic N) is 2. The van der Waals surface area contributed by atoms with Crippen LogP contribution in [0.5, 0.6) is 5.75 Å². The quantitative estimate of drug-likeness (QED) is 0.425. The SMILES string of the molecule is C[C@@H](Sc1nnc(COc2ccc(Cl)cc2)o1)C(=O)c1ccc(F)cc1. The van der Waals surface area contributed by atoms with Crippen molar-refractivity contribution in [2.45, 2.75) is 24.0 Å². The molecule has 1 heterocycles. The molecule has 0 N–H and O–H groups in total. The molecule has 0 aliphatic heterocycles. The third-order valence-corrected chi connectivity index (χ3v) is 4.59. The van der Waals surface area contributed by atoms with Crippen LogP contribution in [0.25, 0.3) is 0 Å². The Bertz CT molecular complexity index is 884. The summed E-state index contributed by atoms with van der Waals surface area (Å²) >= 11 is 6.95. The first kappa shape index (κ1) is 18.4. The van der Waals surface area contributed by atoms with E-state index in [1.54, 1.807) is 31.2 Å². The number of ether oxygens (including phenoxy) is 1. The molecule has 0 bridgehead atoms. The largest absolute Gasteiger partial charge is 0.484 e. The van der Waals surface area contributed by atoms with Crippen LogP contribution in [-0.4, -0.2) is 21.2 Å². The highest BCUT2D eigenvalue weighted by Crippen LogP contribution is 2.25. The summed E-state index contributed by atoms with van der Waals surface area (Å²) in [6.07, 6.45) is 0. The highest BCUT2D eigenvalue weighted by atomic mass is 35.5. The van der Waals surface area contributed by atoms with Crippen molar-refractivity contribution in [3.8, 4) is 5.75 Å². The molecule has 0 fully saturated rings. The van der Waals surface area contributed by atoms with E-state index in [0.717, 1.165) is 11.8 Å². The first-order chi connectivity index (χ1) is 12.5. The molecule has 0 aliphatic carbocycles. The van der Waals surface area contributed by atoms with Gasteiger partial charge in [0.05, 0.1) is 5.25 Å². The van der Waals surface area contributed by atoms with Gasteiger partial charge < -0.3 is 9.15 Å². The molecule has 0 unspecified atom stereocenters. The minimum Gasteiger partial charge on any atom is -0.484 e. The van der Waals surface area contributed by atoms with E-state index in [-0.39, 0.29) is 23.4 Å². The standard InChI is InChI=1S/C18H14ClFN2O3S/c1-11(17(23)12-2-6-14(20)7-3-12)26-18-22-21-16(25-18)10-24-15-8-4-13(19)5-9-15/h2-9,11H,10H2,1H3/t11-/m1/s1. The minimum atomic E-state index is -0.453. The summed E-state index contributed by atoms with van der Waals surface area (Å²) in [5.41, 5.74) is 0.428. The van der Waals surface area contributed by atoms with Crippen molar-refractivity contribution in [2.24, 2.45) is 0 Å². The van der Waals surface area contributed by atoms with Gasteiger partial charge in [0, 0.05) is 10.6 Å². The Morgan fingerprint density at radius 2 is 1.88 bits per heavy atom. The van der Waals surface area contributed by atoms with Gasteiger partial charge in [0.25, 0.3) is 11.1 Å². The molecule has 0 amide bonds. The summed E-state index contributed by atoms with van der Waals surface area (Å²) in [5, 5.41) is 8.23. The van der Waals surface area contributed by atoms with Gasteiger partial charge in [-0.3, -0.25) is 4.79 Å². The molecule has 5 nitrogen and oxygen atoms in total. The van der Waals surface area contributed by atoms with Crippen LogP contribution >= 0.6 is 23.4 Å². The molecule has 8 heteroatoms. The van der Waals surface area contributed by atoms with Crippen LogP contribution in [-0.2, 0) is 6.61 Å². The molecule has 0 saturated heterocycles. The Morgan fingerprint density at radius 1 is 1.19 bits per heavy atom. The number of carbonyl (C=O) groups is 1. The number of carbonyl (C=O) groups excluding carboxylic acids is 1. The number of halogens is 2. The molecular formula is C18H14ClFN2O3S. The average Bonchev–Trinajstić information content (AvgIpc) is 3.08. The van der Waals surface area contributed by atoms with Gasteiger partial charge in [-0.15, -0.1) is 10.2 Å². The normalized spacial score (nSPS) is 12.0. The van der Waals surface area contributed by atoms with E-state index in [1.165, 1.54) is 24.3 Å². The maximum Gasteiger partial charge on any atom is 0.277 e. The van der Waals surface area contributed by atoms with E-state index in [4.69, 9.17) is 20.8 Å². The lowest BCUT2D eigenvalue weighted by molar-refractivity contribution is 0.0993. The Kier molecular flexibility index (Phi) is 5.90. The monoisotopic (exact) mass is 392 g/mol. The summed E-state index contributed by atoms with van der Waals surface area (Å²) in [5.74, 6) is 0.391. The topological polar surface area (TPSA) is 65.2 Å². The molecule has 3 aromatic rings. The van der Waals surface area contributed by atoms with Gasteiger partial charge in [-0.25, -0.2) is 4.39 Å². The van der Waals surface area contributed by atoms with Crippen LogP contribution in [0.1, 0.15) is 23.2 Å². The van der Waals surface area contributed by atoms with E-state index in [1.807, 2.05) is 0 Å². The predicted molar refractivity (Wildman–Crippen MR) is 96.1 cm³/mol. The molecule has 3 rings (SSSR count). The first-order valence-corrected chi connectivity index (χ1v) is 8.94. The maximum absolute atomic E-state index is 12.9. The van der Waals surface area contributed by atoms with Crippen LogP contribution in [0.2, 0.25) is 5.02 Å². The summed E-state index contributed by atoms with van der Waals surface area (Å²) in [6, 6.07) is 12.3. The number of thioether (sulfide) groups is 1. The number of hydrogen-bond donors (Lipinski definition) is 0. The first-order valence-electron chi connectivity index (χ1n) is 7.68. The minimum absolute atomic E-state index is 0.107. The molecular weight excluding hydrogens is 379 g/mol. The van der Waals surface area contributed by atoms with Crippen molar-refractivity contribution in [3.05, 3.63) is 70.8 Å². The van der Waals surface area contributed by atoms with E-state index in [2.05, 4.69) is 10.2 Å². The van der Waals surface area contributed by atoms with Crippen molar-refractivity contribution >= 4 is 29.1 Å². The van der Waals surface area contributed by atoms with Gasteiger partial charge >= 0.3 is 0 Å². The van der Waals surface area contributed by atoms with Crippen LogP contribution < -0.4 is 4.74 Å². The average molecular weight is 393 g/mol. The zero-order chi connectivity index (χ0) is 18.5. The van der Waals surface area contributed by atoms with Crippen molar-refractivity contribution in [1.82, 2.24) is 10.2 Å². The number of rotatable bonds is 7. The fourth-order valence-corrected chi connectivity index (χ4v) is 2.98. The molecule has 0 aliphatic rings. The van der Waals surface area contributed by atoms with Gasteiger partial charge in [0.2, 0.25) is 0 Å². The lowest BCUT2D eigenvalue weighted by atomic mass is 10.1. The van der Waals surface area contributed by atoms with Gasteiger partial charge in [-0.05, 0) is 55.5 Å². The highest BCUT2D eigenvalue weighted by Gasteiger charge is 2.20. The Hall–Kier alpha value is -2.38. The van der Waals surface area contributed by atoms with Gasteiger partial charge in [-0.1, -0.05) is 23.4 Å². The van der Waals surface area contributed by atoms with Gasteiger partial charge in [0.15, 0.2) is 12.4 Å². The zero-order valence-electron chi connectivity index (χ0n) is 13.7. The van der Waals surface area contributed by atoms with E-state index >= 15 is 0 Å². The van der Waals surface area contributed by atoms with E-state index < -0.39 is 5.25 Å². The lowest BCUT2D eigenvalue weighted by Gasteiger charge is -2.07. The maximum atomic E-state index is 12.9. The van der Waals surface area contributed by atoms with Gasteiger partial charge in [-0.2, -0.15) is 0 Å². The predicted octanol–water partition coefficient (Wildman–Crippen LogP) is 4.80. The van der Waals surface area contributed by atoms with Gasteiger partial charge in [0.1, 0.15) is 11.6 Å². The summed E-state index contributed by atoms with van der Waals surface area (Å²) in [6.45, 7) is 1.83. The third-order valence-electron chi connectivity index (χ3n) is 3.40. The second kappa shape index (κ2) is 8.33. The highest BCUT2D eigenvalue weighted by molar-refractivity contribution is 8.00. The Morgan fingerprint density at radius 3 is 2.58 bits per heavy atom. The van der Waals surface area contributed by atoms with Crippen molar-refractivity contribution in [2.75, 3.05) is 0 Å². The number of ketones is 1. The van der Waals surface area contributed by atoms with Crippen LogP contribution in [0.4, 0.5) is 4.39 Å². The summed E-state index contributed by atoms with van der Waals surface area (Å²) in [4.78, 5) is 12.3. The molecule has 26 heavy (non-hydrogen) atoms. The zero-order valence-corrected chi connectivity index (χ0v) is 15.3. The number of Topliss-reactive ketones (excluding diaryl/α,β-unsaturated/α-hetero) is 1. The fourth-order valence-electron chi connectivity index (χ4n) is 2.07. The lowest BCUT2D eigenvalue weighted by Crippen LogP contribution is -2.13. The second-order valence-corrected chi connectivity index (χ2v) is 7.06. The van der Waals surface area contributed by atoms with E-state index in [0.29, 0.717) is 22.2 Å². The molecule has 2 aromatic carbocycles. The molecule has 1 aromatic heterocycles. The second-order valence-electron chi connectivity index (χ2n) is 5.34. The van der Waals surface area contributed by atoms with Crippen LogP contribution in [0, 0.1) is 5.82 Å². The van der Waals surface area contributed by atoms with Crippen molar-refractivity contribution < 1.29 is 18.3 Å². The Labute approximate surface area is 158 Å². The molecule has 0 saturated carbocycles. The Balaban J connectivity index is 1.56. The molecule has 0 spiro atoms. The van der Waals surface area contributed by atoms with Crippen molar-refractivity contribution in [1.29, 1.82) is 0 Å². The number of benzene rings is 2. The molecule has 134 valence electrons. The summed E-state index contributed by atoms with van der Waals surface area (Å²) < 4.78 is 24.0. The number of aromatic nitrogens is 2. The summed E-state index contributed by atoms with van der Waals surface area (Å²) in [7, 11) is 0. The number of hydrogen-bond acceptors (Lipinski definition) is 6. The van der Waals surface area contributed by atoms with Crippen LogP contribution in [0.3, 0.4) is 0 Å². The third kappa shape index (κ3) is 4.83. The molecule has 0 radical (unpaired) electrons. The van der Waals surface area contributed by atoms with Crippen LogP contribution in [0.15, 0.2) is 58.2 Å². The van der Waals surface area contributed by atoms with E-state index in [9.17, 15) is 9.18 Å². The fraction of sp³-hybridized carbons (Fsp3) is 0.167.